The lowest BCUT2D eigenvalue weighted by Gasteiger charge is -2.18. The summed E-state index contributed by atoms with van der Waals surface area (Å²) in [5, 5.41) is -0.0451. The minimum absolute atomic E-state index is 0.0451. The van der Waals surface area contributed by atoms with Gasteiger partial charge in [0.2, 0.25) is 0 Å². The summed E-state index contributed by atoms with van der Waals surface area (Å²) in [5.74, 6) is 1.81. The summed E-state index contributed by atoms with van der Waals surface area (Å²) in [5.41, 5.74) is 2.29. The molecule has 2 nitrogen and oxygen atoms in total. The second kappa shape index (κ2) is 4.67. The fourth-order valence-electron chi connectivity index (χ4n) is 2.59. The van der Waals surface area contributed by atoms with Crippen LogP contribution >= 0.6 is 34.2 Å². The van der Waals surface area contributed by atoms with Crippen molar-refractivity contribution in [3.63, 3.8) is 0 Å². The van der Waals surface area contributed by atoms with Crippen LogP contribution in [0.3, 0.4) is 0 Å². The molecule has 1 aromatic heterocycles. The molecule has 0 amide bonds. The molecule has 1 aliphatic carbocycles. The molecule has 1 aromatic carbocycles. The van der Waals surface area contributed by atoms with Gasteiger partial charge in [0.1, 0.15) is 5.82 Å². The highest BCUT2D eigenvalue weighted by Gasteiger charge is 2.32. The number of alkyl halides is 1. The molecule has 2 aromatic rings. The van der Waals surface area contributed by atoms with Crippen molar-refractivity contribution in [1.82, 2.24) is 9.55 Å². The smallest absolute Gasteiger partial charge is 0.127 e. The molecule has 1 heterocycles. The molecule has 18 heavy (non-hydrogen) atoms. The van der Waals surface area contributed by atoms with Gasteiger partial charge in [-0.3, -0.25) is 0 Å². The van der Waals surface area contributed by atoms with E-state index in [1.54, 1.807) is 0 Å². The SMILES string of the molecule is CC(Cl)c1nc2cc(I)ccc2n1C(C)C1CC1. The third kappa shape index (κ3) is 2.16. The molecule has 0 spiro atoms. The van der Waals surface area contributed by atoms with Crippen molar-refractivity contribution >= 4 is 45.2 Å². The Morgan fingerprint density at radius 3 is 2.72 bits per heavy atom. The van der Waals surface area contributed by atoms with Crippen molar-refractivity contribution < 1.29 is 0 Å². The van der Waals surface area contributed by atoms with Crippen molar-refractivity contribution in [2.24, 2.45) is 5.92 Å². The molecule has 96 valence electrons. The van der Waals surface area contributed by atoms with Crippen LogP contribution in [0.25, 0.3) is 11.0 Å². The summed E-state index contributed by atoms with van der Waals surface area (Å²) in [6.07, 6.45) is 2.67. The molecule has 1 aliphatic rings. The van der Waals surface area contributed by atoms with Crippen LogP contribution in [0.4, 0.5) is 0 Å². The summed E-state index contributed by atoms with van der Waals surface area (Å²) in [6.45, 7) is 4.30. The number of nitrogens with zero attached hydrogens (tertiary/aromatic N) is 2. The number of hydrogen-bond donors (Lipinski definition) is 0. The maximum absolute atomic E-state index is 6.30. The highest BCUT2D eigenvalue weighted by Crippen LogP contribution is 2.42. The maximum Gasteiger partial charge on any atom is 0.127 e. The van der Waals surface area contributed by atoms with E-state index in [4.69, 9.17) is 16.6 Å². The zero-order chi connectivity index (χ0) is 12.9. The quantitative estimate of drug-likeness (QED) is 0.551. The first-order valence-electron chi connectivity index (χ1n) is 6.39. The summed E-state index contributed by atoms with van der Waals surface area (Å²) in [6, 6.07) is 6.95. The second-order valence-electron chi connectivity index (χ2n) is 5.17. The van der Waals surface area contributed by atoms with Gasteiger partial charge in [-0.15, -0.1) is 11.6 Å². The van der Waals surface area contributed by atoms with E-state index in [1.807, 2.05) is 6.92 Å². The van der Waals surface area contributed by atoms with Gasteiger partial charge in [0, 0.05) is 9.61 Å². The summed E-state index contributed by atoms with van der Waals surface area (Å²) in [4.78, 5) is 4.73. The Labute approximate surface area is 126 Å². The predicted octanol–water partition coefficient (Wildman–Crippen LogP) is 4.91. The first kappa shape index (κ1) is 12.7. The second-order valence-corrected chi connectivity index (χ2v) is 7.07. The topological polar surface area (TPSA) is 17.8 Å². The molecule has 1 saturated carbocycles. The fraction of sp³-hybridized carbons (Fsp3) is 0.500. The monoisotopic (exact) mass is 374 g/mol. The van der Waals surface area contributed by atoms with E-state index in [2.05, 4.69) is 52.3 Å². The van der Waals surface area contributed by atoms with E-state index in [-0.39, 0.29) is 5.38 Å². The summed E-state index contributed by atoms with van der Waals surface area (Å²) < 4.78 is 3.57. The van der Waals surface area contributed by atoms with Crippen LogP contribution in [0.1, 0.15) is 43.9 Å². The highest BCUT2D eigenvalue weighted by atomic mass is 127. The van der Waals surface area contributed by atoms with Crippen LogP contribution in [-0.2, 0) is 0 Å². The lowest BCUT2D eigenvalue weighted by atomic mass is 10.2. The first-order chi connectivity index (χ1) is 8.58. The molecule has 4 heteroatoms. The first-order valence-corrected chi connectivity index (χ1v) is 7.91. The van der Waals surface area contributed by atoms with Crippen molar-refractivity contribution in [1.29, 1.82) is 0 Å². The standard InChI is InChI=1S/C14H16ClIN2/c1-8(15)14-17-12-7-11(16)5-6-13(12)18(14)9(2)10-3-4-10/h5-10H,3-4H2,1-2H3. The highest BCUT2D eigenvalue weighted by molar-refractivity contribution is 14.1. The van der Waals surface area contributed by atoms with Gasteiger partial charge in [0.25, 0.3) is 0 Å². The van der Waals surface area contributed by atoms with Crippen LogP contribution in [0, 0.1) is 9.49 Å². The summed E-state index contributed by atoms with van der Waals surface area (Å²) >= 11 is 8.63. The Kier molecular flexibility index (Phi) is 3.30. The Balaban J connectivity index is 2.21. The number of hydrogen-bond acceptors (Lipinski definition) is 1. The molecule has 2 unspecified atom stereocenters. The number of benzene rings is 1. The van der Waals surface area contributed by atoms with Crippen LogP contribution in [0.5, 0.6) is 0 Å². The predicted molar refractivity (Wildman–Crippen MR) is 84.2 cm³/mol. The Morgan fingerprint density at radius 1 is 1.39 bits per heavy atom. The maximum atomic E-state index is 6.30. The van der Waals surface area contributed by atoms with E-state index < -0.39 is 0 Å². The number of rotatable bonds is 3. The van der Waals surface area contributed by atoms with Crippen molar-refractivity contribution in [3.8, 4) is 0 Å². The van der Waals surface area contributed by atoms with Crippen molar-refractivity contribution in [2.45, 2.75) is 38.1 Å². The number of halogens is 2. The van der Waals surface area contributed by atoms with E-state index in [0.29, 0.717) is 6.04 Å². The van der Waals surface area contributed by atoms with Crippen molar-refractivity contribution in [3.05, 3.63) is 27.6 Å². The van der Waals surface area contributed by atoms with Gasteiger partial charge in [-0.2, -0.15) is 0 Å². The molecule has 2 atom stereocenters. The third-order valence-electron chi connectivity index (χ3n) is 3.75. The zero-order valence-electron chi connectivity index (χ0n) is 10.5. The van der Waals surface area contributed by atoms with Crippen LogP contribution in [-0.4, -0.2) is 9.55 Å². The summed E-state index contributed by atoms with van der Waals surface area (Å²) in [7, 11) is 0. The van der Waals surface area contributed by atoms with E-state index >= 15 is 0 Å². The Bertz CT molecular complexity index is 587. The lowest BCUT2D eigenvalue weighted by molar-refractivity contribution is 0.480. The van der Waals surface area contributed by atoms with Gasteiger partial charge in [0.05, 0.1) is 16.4 Å². The van der Waals surface area contributed by atoms with Gasteiger partial charge in [-0.25, -0.2) is 4.98 Å². The van der Waals surface area contributed by atoms with Crippen molar-refractivity contribution in [2.75, 3.05) is 0 Å². The number of imidazole rings is 1. The largest absolute Gasteiger partial charge is 0.324 e. The third-order valence-corrected chi connectivity index (χ3v) is 4.61. The normalized spacial score (nSPS) is 19.1. The minimum Gasteiger partial charge on any atom is -0.324 e. The van der Waals surface area contributed by atoms with Crippen LogP contribution < -0.4 is 0 Å². The van der Waals surface area contributed by atoms with E-state index in [1.165, 1.54) is 21.9 Å². The van der Waals surface area contributed by atoms with E-state index in [9.17, 15) is 0 Å². The average molecular weight is 375 g/mol. The van der Waals surface area contributed by atoms with E-state index in [0.717, 1.165) is 17.3 Å². The molecule has 1 fully saturated rings. The van der Waals surface area contributed by atoms with Gasteiger partial charge in [-0.05, 0) is 73.4 Å². The number of aromatic nitrogens is 2. The average Bonchev–Trinajstić information content (AvgIpc) is 3.08. The Hall–Kier alpha value is -0.290. The number of fused-ring (bicyclic) bond motifs is 1. The fourth-order valence-corrected chi connectivity index (χ4v) is 3.22. The molecule has 0 radical (unpaired) electrons. The van der Waals surface area contributed by atoms with Gasteiger partial charge < -0.3 is 4.57 Å². The van der Waals surface area contributed by atoms with Crippen LogP contribution in [0.2, 0.25) is 0 Å². The molecule has 0 aliphatic heterocycles. The lowest BCUT2D eigenvalue weighted by Crippen LogP contribution is -2.11. The van der Waals surface area contributed by atoms with Gasteiger partial charge in [-0.1, -0.05) is 0 Å². The molecular formula is C14H16ClIN2. The zero-order valence-corrected chi connectivity index (χ0v) is 13.4. The van der Waals surface area contributed by atoms with Gasteiger partial charge >= 0.3 is 0 Å². The van der Waals surface area contributed by atoms with Gasteiger partial charge in [0.15, 0.2) is 0 Å². The van der Waals surface area contributed by atoms with Crippen LogP contribution in [0.15, 0.2) is 18.2 Å². The Morgan fingerprint density at radius 2 is 2.11 bits per heavy atom. The molecule has 0 bridgehead atoms. The molecule has 3 rings (SSSR count). The molecule has 0 saturated heterocycles. The minimum atomic E-state index is -0.0451. The molecule has 0 N–H and O–H groups in total. The molecular weight excluding hydrogens is 359 g/mol.